The van der Waals surface area contributed by atoms with Crippen LogP contribution >= 0.6 is 0 Å². The molecule has 0 spiro atoms. The largest absolute Gasteiger partial charge is 0.393 e. The second-order valence-electron chi connectivity index (χ2n) is 3.93. The molecule has 11 heavy (non-hydrogen) atoms. The van der Waals surface area contributed by atoms with E-state index in [0.29, 0.717) is 6.04 Å². The van der Waals surface area contributed by atoms with Gasteiger partial charge in [-0.05, 0) is 44.6 Å². The normalized spacial score (nSPS) is 45.0. The van der Waals surface area contributed by atoms with Crippen LogP contribution in [0.3, 0.4) is 0 Å². The van der Waals surface area contributed by atoms with Crippen molar-refractivity contribution in [1.29, 1.82) is 0 Å². The third-order valence-corrected chi connectivity index (χ3v) is 3.12. The number of nitrogens with one attached hydrogen (secondary N) is 1. The zero-order valence-corrected chi connectivity index (χ0v) is 6.92. The van der Waals surface area contributed by atoms with Gasteiger partial charge >= 0.3 is 0 Å². The highest BCUT2D eigenvalue weighted by atomic mass is 16.3. The second-order valence-corrected chi connectivity index (χ2v) is 3.93. The molecule has 2 aliphatic rings. The predicted molar refractivity (Wildman–Crippen MR) is 44.4 cm³/mol. The number of fused-ring (bicyclic) bond motifs is 1. The average Bonchev–Trinajstić information content (AvgIpc) is 2.04. The molecule has 0 radical (unpaired) electrons. The van der Waals surface area contributed by atoms with Gasteiger partial charge in [0.15, 0.2) is 0 Å². The number of aliphatic hydroxyl groups excluding tert-OH is 1. The molecule has 3 atom stereocenters. The number of piperidine rings is 1. The van der Waals surface area contributed by atoms with Crippen LogP contribution in [0.1, 0.15) is 32.1 Å². The lowest BCUT2D eigenvalue weighted by Gasteiger charge is -2.38. The zero-order chi connectivity index (χ0) is 7.68. The van der Waals surface area contributed by atoms with Crippen molar-refractivity contribution in [3.8, 4) is 0 Å². The van der Waals surface area contributed by atoms with E-state index in [1.165, 1.54) is 19.3 Å². The lowest BCUT2D eigenvalue weighted by atomic mass is 9.78. The summed E-state index contributed by atoms with van der Waals surface area (Å²) < 4.78 is 0. The van der Waals surface area contributed by atoms with Gasteiger partial charge in [0.05, 0.1) is 6.10 Å². The Kier molecular flexibility index (Phi) is 2.14. The van der Waals surface area contributed by atoms with Gasteiger partial charge in [0.25, 0.3) is 0 Å². The molecule has 0 aromatic heterocycles. The van der Waals surface area contributed by atoms with Crippen molar-refractivity contribution in [2.75, 3.05) is 6.54 Å². The van der Waals surface area contributed by atoms with Crippen LogP contribution in [0.4, 0.5) is 0 Å². The van der Waals surface area contributed by atoms with Gasteiger partial charge in [-0.25, -0.2) is 0 Å². The summed E-state index contributed by atoms with van der Waals surface area (Å²) in [6, 6.07) is 0.632. The van der Waals surface area contributed by atoms with Crippen LogP contribution in [0, 0.1) is 5.92 Å². The molecular formula is C9H17NO. The first kappa shape index (κ1) is 7.56. The molecule has 0 aromatic rings. The maximum Gasteiger partial charge on any atom is 0.0555 e. The Balaban J connectivity index is 1.93. The molecule has 0 aromatic carbocycles. The van der Waals surface area contributed by atoms with Gasteiger partial charge < -0.3 is 10.4 Å². The second kappa shape index (κ2) is 3.11. The van der Waals surface area contributed by atoms with E-state index >= 15 is 0 Å². The van der Waals surface area contributed by atoms with Crippen molar-refractivity contribution in [2.24, 2.45) is 5.92 Å². The summed E-state index contributed by atoms with van der Waals surface area (Å²) in [7, 11) is 0. The van der Waals surface area contributed by atoms with Crippen molar-refractivity contribution in [1.82, 2.24) is 5.32 Å². The number of hydrogen-bond acceptors (Lipinski definition) is 2. The summed E-state index contributed by atoms with van der Waals surface area (Å²) in [6.45, 7) is 1.16. The molecule has 1 heterocycles. The van der Waals surface area contributed by atoms with Crippen molar-refractivity contribution in [3.63, 3.8) is 0 Å². The van der Waals surface area contributed by atoms with E-state index in [-0.39, 0.29) is 6.10 Å². The van der Waals surface area contributed by atoms with Gasteiger partial charge in [-0.2, -0.15) is 0 Å². The molecule has 0 unspecified atom stereocenters. The van der Waals surface area contributed by atoms with E-state index in [9.17, 15) is 5.11 Å². The fourth-order valence-electron chi connectivity index (χ4n) is 2.46. The summed E-state index contributed by atoms with van der Waals surface area (Å²) in [4.78, 5) is 0. The van der Waals surface area contributed by atoms with E-state index in [1.807, 2.05) is 0 Å². The van der Waals surface area contributed by atoms with E-state index in [0.717, 1.165) is 25.3 Å². The van der Waals surface area contributed by atoms with Gasteiger partial charge in [-0.15, -0.1) is 0 Å². The van der Waals surface area contributed by atoms with E-state index in [1.54, 1.807) is 0 Å². The Morgan fingerprint density at radius 2 is 2.09 bits per heavy atom. The highest BCUT2D eigenvalue weighted by Gasteiger charge is 2.30. The maximum absolute atomic E-state index is 9.41. The fourth-order valence-corrected chi connectivity index (χ4v) is 2.46. The topological polar surface area (TPSA) is 32.3 Å². The number of aliphatic hydroxyl groups is 1. The highest BCUT2D eigenvalue weighted by Crippen LogP contribution is 2.30. The summed E-state index contributed by atoms with van der Waals surface area (Å²) in [5.41, 5.74) is 0. The van der Waals surface area contributed by atoms with Gasteiger partial charge in [0.2, 0.25) is 0 Å². The minimum absolute atomic E-state index is 0.0261. The van der Waals surface area contributed by atoms with Gasteiger partial charge in [0.1, 0.15) is 0 Å². The molecule has 1 saturated heterocycles. The number of hydrogen-bond donors (Lipinski definition) is 2. The molecule has 2 fully saturated rings. The smallest absolute Gasteiger partial charge is 0.0555 e. The van der Waals surface area contributed by atoms with Crippen molar-refractivity contribution in [2.45, 2.75) is 44.2 Å². The molecule has 2 rings (SSSR count). The minimum Gasteiger partial charge on any atom is -0.393 e. The monoisotopic (exact) mass is 155 g/mol. The maximum atomic E-state index is 9.41. The lowest BCUT2D eigenvalue weighted by Crippen LogP contribution is -2.46. The van der Waals surface area contributed by atoms with Crippen LogP contribution in [0.5, 0.6) is 0 Å². The highest BCUT2D eigenvalue weighted by molar-refractivity contribution is 4.87. The van der Waals surface area contributed by atoms with Crippen LogP contribution in [-0.4, -0.2) is 23.8 Å². The molecule has 2 nitrogen and oxygen atoms in total. The first-order valence-corrected chi connectivity index (χ1v) is 4.78. The van der Waals surface area contributed by atoms with Crippen molar-refractivity contribution >= 4 is 0 Å². The third-order valence-electron chi connectivity index (χ3n) is 3.12. The average molecular weight is 155 g/mol. The van der Waals surface area contributed by atoms with E-state index in [4.69, 9.17) is 0 Å². The Morgan fingerprint density at radius 3 is 3.00 bits per heavy atom. The Labute approximate surface area is 68.0 Å². The standard InChI is InChI=1S/C9H17NO/c11-8-4-3-7-2-1-5-10-9(7)6-8/h7-11H,1-6H2/t7-,8-,9-/m1/s1. The van der Waals surface area contributed by atoms with Gasteiger partial charge in [-0.1, -0.05) is 0 Å². The zero-order valence-electron chi connectivity index (χ0n) is 6.92. The quantitative estimate of drug-likeness (QED) is 0.544. The van der Waals surface area contributed by atoms with Crippen LogP contribution < -0.4 is 5.32 Å². The minimum atomic E-state index is -0.0261. The van der Waals surface area contributed by atoms with Crippen LogP contribution in [-0.2, 0) is 0 Å². The molecule has 0 amide bonds. The SMILES string of the molecule is O[C@@H]1CC[C@H]2CCCN[C@@H]2C1. The molecule has 1 aliphatic carbocycles. The molecule has 2 N–H and O–H groups in total. The van der Waals surface area contributed by atoms with Crippen LogP contribution in [0.15, 0.2) is 0 Å². The third kappa shape index (κ3) is 1.57. The van der Waals surface area contributed by atoms with Crippen LogP contribution in [0.2, 0.25) is 0 Å². The summed E-state index contributed by atoms with van der Waals surface area (Å²) in [6.07, 6.45) is 5.94. The Bertz CT molecular complexity index is 138. The predicted octanol–water partition coefficient (Wildman–Crippen LogP) is 0.899. The van der Waals surface area contributed by atoms with E-state index in [2.05, 4.69) is 5.32 Å². The number of rotatable bonds is 0. The lowest BCUT2D eigenvalue weighted by molar-refractivity contribution is 0.0711. The summed E-state index contributed by atoms with van der Waals surface area (Å²) in [5, 5.41) is 12.9. The van der Waals surface area contributed by atoms with Crippen molar-refractivity contribution in [3.05, 3.63) is 0 Å². The molecule has 1 saturated carbocycles. The van der Waals surface area contributed by atoms with Gasteiger partial charge in [0, 0.05) is 6.04 Å². The van der Waals surface area contributed by atoms with Gasteiger partial charge in [-0.3, -0.25) is 0 Å². The fraction of sp³-hybridized carbons (Fsp3) is 1.00. The van der Waals surface area contributed by atoms with E-state index < -0.39 is 0 Å². The molecule has 1 aliphatic heterocycles. The first-order chi connectivity index (χ1) is 5.36. The Morgan fingerprint density at radius 1 is 1.18 bits per heavy atom. The van der Waals surface area contributed by atoms with Crippen LogP contribution in [0.25, 0.3) is 0 Å². The van der Waals surface area contributed by atoms with Crippen molar-refractivity contribution < 1.29 is 5.11 Å². The summed E-state index contributed by atoms with van der Waals surface area (Å²) in [5.74, 6) is 0.868. The molecule has 64 valence electrons. The molecule has 0 bridgehead atoms. The molecule has 2 heteroatoms. The first-order valence-electron chi connectivity index (χ1n) is 4.78. The Hall–Kier alpha value is -0.0800. The summed E-state index contributed by atoms with van der Waals surface area (Å²) >= 11 is 0. The molecular weight excluding hydrogens is 138 g/mol.